The van der Waals surface area contributed by atoms with Crippen LogP contribution < -0.4 is 10.3 Å². The molecule has 0 saturated carbocycles. The Morgan fingerprint density at radius 1 is 1.15 bits per heavy atom. The van der Waals surface area contributed by atoms with Gasteiger partial charge in [-0.1, -0.05) is 47.1 Å². The van der Waals surface area contributed by atoms with E-state index >= 15 is 0 Å². The Labute approximate surface area is 160 Å². The third-order valence-electron chi connectivity index (χ3n) is 4.09. The number of hydrogen-bond acceptors (Lipinski definition) is 5. The largest absolute Gasteiger partial charge is 0.465 e. The minimum absolute atomic E-state index is 0.00486. The molecule has 0 radical (unpaired) electrons. The van der Waals surface area contributed by atoms with E-state index in [4.69, 9.17) is 20.9 Å². The second-order valence-corrected chi connectivity index (χ2v) is 6.59. The molecule has 4 aromatic rings. The van der Waals surface area contributed by atoms with Crippen LogP contribution in [0.25, 0.3) is 11.0 Å². The van der Waals surface area contributed by atoms with Crippen molar-refractivity contribution >= 4 is 22.6 Å². The van der Waals surface area contributed by atoms with Gasteiger partial charge in [0.05, 0.1) is 23.3 Å². The smallest absolute Gasteiger partial charge is 0.314 e. The highest BCUT2D eigenvalue weighted by atomic mass is 35.5. The van der Waals surface area contributed by atoms with Gasteiger partial charge in [0.25, 0.3) is 5.88 Å². The maximum absolute atomic E-state index is 13.0. The van der Waals surface area contributed by atoms with Crippen molar-refractivity contribution in [3.05, 3.63) is 87.0 Å². The molecule has 0 unspecified atom stereocenters. The van der Waals surface area contributed by atoms with Gasteiger partial charge in [0.2, 0.25) is 0 Å². The van der Waals surface area contributed by atoms with Gasteiger partial charge in [-0.3, -0.25) is 9.36 Å². The fraction of sp³-hybridized carbons (Fsp3) is 0.150. The fourth-order valence-corrected chi connectivity index (χ4v) is 3.00. The molecule has 2 aromatic heterocycles. The highest BCUT2D eigenvalue weighted by Crippen LogP contribution is 2.20. The minimum Gasteiger partial charge on any atom is -0.465 e. The molecule has 0 aliphatic heterocycles. The Hall–Kier alpha value is -3.12. The van der Waals surface area contributed by atoms with Gasteiger partial charge in [-0.15, -0.1) is 0 Å². The lowest BCUT2D eigenvalue weighted by atomic mass is 10.2. The Bertz CT molecular complexity index is 1150. The number of nitrogens with zero attached hydrogens (tertiary/aromatic N) is 3. The van der Waals surface area contributed by atoms with Crippen molar-refractivity contribution in [2.75, 3.05) is 0 Å². The first kappa shape index (κ1) is 17.3. The molecule has 0 bridgehead atoms. The summed E-state index contributed by atoms with van der Waals surface area (Å²) >= 11 is 6.11. The Morgan fingerprint density at radius 3 is 2.70 bits per heavy atom. The molecule has 27 heavy (non-hydrogen) atoms. The van der Waals surface area contributed by atoms with Crippen LogP contribution in [0.3, 0.4) is 0 Å². The predicted molar refractivity (Wildman–Crippen MR) is 102 cm³/mol. The molecule has 0 atom stereocenters. The van der Waals surface area contributed by atoms with Crippen molar-refractivity contribution in [3.8, 4) is 5.88 Å². The first-order valence-electron chi connectivity index (χ1n) is 8.39. The number of fused-ring (bicyclic) bond motifs is 1. The van der Waals surface area contributed by atoms with Crippen LogP contribution in [-0.4, -0.2) is 14.7 Å². The summed E-state index contributed by atoms with van der Waals surface area (Å²) in [5.74, 6) is 0.518. The fourth-order valence-electron chi connectivity index (χ4n) is 2.84. The summed E-state index contributed by atoms with van der Waals surface area (Å²) in [6, 6.07) is 16.7. The molecule has 4 rings (SSSR count). The van der Waals surface area contributed by atoms with Crippen molar-refractivity contribution in [2.45, 2.75) is 20.1 Å². The summed E-state index contributed by atoms with van der Waals surface area (Å²) in [5, 5.41) is 4.35. The third-order valence-corrected chi connectivity index (χ3v) is 4.32. The highest BCUT2D eigenvalue weighted by Gasteiger charge is 2.14. The lowest BCUT2D eigenvalue weighted by Gasteiger charge is -2.13. The van der Waals surface area contributed by atoms with Gasteiger partial charge < -0.3 is 9.26 Å². The van der Waals surface area contributed by atoms with Crippen LogP contribution in [0.15, 0.2) is 63.9 Å². The number of rotatable bonds is 5. The first-order chi connectivity index (χ1) is 13.1. The summed E-state index contributed by atoms with van der Waals surface area (Å²) in [4.78, 5) is 17.4. The Balaban J connectivity index is 1.76. The topological polar surface area (TPSA) is 70.2 Å². The Kier molecular flexibility index (Phi) is 4.64. The highest BCUT2D eigenvalue weighted by molar-refractivity contribution is 6.31. The summed E-state index contributed by atoms with van der Waals surface area (Å²) < 4.78 is 12.4. The SMILES string of the molecule is Cc1cc(COc2nc3cc(Cl)ccc3n(Cc3ccccc3)c2=O)on1. The maximum Gasteiger partial charge on any atom is 0.314 e. The van der Waals surface area contributed by atoms with Gasteiger partial charge in [0, 0.05) is 11.1 Å². The van der Waals surface area contributed by atoms with Gasteiger partial charge in [-0.2, -0.15) is 0 Å². The summed E-state index contributed by atoms with van der Waals surface area (Å²) in [6.45, 7) is 2.29. The van der Waals surface area contributed by atoms with Crippen molar-refractivity contribution in [2.24, 2.45) is 0 Å². The van der Waals surface area contributed by atoms with Crippen molar-refractivity contribution < 1.29 is 9.26 Å². The van der Waals surface area contributed by atoms with E-state index in [1.165, 1.54) is 0 Å². The molecular weight excluding hydrogens is 366 g/mol. The zero-order valence-corrected chi connectivity index (χ0v) is 15.3. The standard InChI is InChI=1S/C20H16ClN3O3/c1-13-9-16(27-23-13)12-26-19-20(25)24(11-14-5-3-2-4-6-14)18-8-7-15(21)10-17(18)22-19/h2-10H,11-12H2,1H3. The van der Waals surface area contributed by atoms with Crippen molar-refractivity contribution in [3.63, 3.8) is 0 Å². The number of aryl methyl sites for hydroxylation is 1. The maximum atomic E-state index is 13.0. The monoisotopic (exact) mass is 381 g/mol. The number of aromatic nitrogens is 3. The van der Waals surface area contributed by atoms with Crippen molar-refractivity contribution in [1.29, 1.82) is 0 Å². The van der Waals surface area contributed by atoms with Gasteiger partial charge in [0.1, 0.15) is 0 Å². The van der Waals surface area contributed by atoms with E-state index in [1.807, 2.05) is 37.3 Å². The first-order valence-corrected chi connectivity index (χ1v) is 8.77. The van der Waals surface area contributed by atoms with Gasteiger partial charge in [-0.05, 0) is 30.7 Å². The van der Waals surface area contributed by atoms with E-state index in [2.05, 4.69) is 10.1 Å². The normalized spacial score (nSPS) is 11.0. The summed E-state index contributed by atoms with van der Waals surface area (Å²) in [6.07, 6.45) is 0. The van der Waals surface area contributed by atoms with E-state index in [1.54, 1.807) is 28.8 Å². The molecule has 7 heteroatoms. The number of hydrogen-bond donors (Lipinski definition) is 0. The molecule has 2 heterocycles. The van der Waals surface area contributed by atoms with Crippen LogP contribution in [0.1, 0.15) is 17.0 Å². The van der Waals surface area contributed by atoms with Crippen LogP contribution in [0.2, 0.25) is 5.02 Å². The molecule has 0 fully saturated rings. The molecule has 6 nitrogen and oxygen atoms in total. The number of benzene rings is 2. The molecule has 0 aliphatic rings. The second-order valence-electron chi connectivity index (χ2n) is 6.15. The van der Waals surface area contributed by atoms with Crippen LogP contribution in [-0.2, 0) is 13.2 Å². The zero-order valence-electron chi connectivity index (χ0n) is 14.6. The average molecular weight is 382 g/mol. The van der Waals surface area contributed by atoms with E-state index in [9.17, 15) is 4.79 Å². The van der Waals surface area contributed by atoms with Gasteiger partial charge in [-0.25, -0.2) is 4.98 Å². The Morgan fingerprint density at radius 2 is 1.96 bits per heavy atom. The zero-order chi connectivity index (χ0) is 18.8. The average Bonchev–Trinajstić information content (AvgIpc) is 3.09. The molecule has 0 aliphatic carbocycles. The lowest BCUT2D eigenvalue weighted by Crippen LogP contribution is -2.24. The molecule has 136 valence electrons. The number of halogens is 1. The summed E-state index contributed by atoms with van der Waals surface area (Å²) in [7, 11) is 0. The van der Waals surface area contributed by atoms with E-state index in [0.717, 1.165) is 11.3 Å². The molecule has 0 N–H and O–H groups in total. The predicted octanol–water partition coefficient (Wildman–Crippen LogP) is 3.97. The van der Waals surface area contributed by atoms with Crippen LogP contribution in [0.5, 0.6) is 5.88 Å². The van der Waals surface area contributed by atoms with Gasteiger partial charge >= 0.3 is 5.56 Å². The number of ether oxygens (including phenoxy) is 1. The van der Waals surface area contributed by atoms with E-state index in [0.29, 0.717) is 28.4 Å². The molecular formula is C20H16ClN3O3. The van der Waals surface area contributed by atoms with E-state index < -0.39 is 0 Å². The van der Waals surface area contributed by atoms with E-state index in [-0.39, 0.29) is 18.0 Å². The second kappa shape index (κ2) is 7.25. The molecule has 2 aromatic carbocycles. The molecule has 0 saturated heterocycles. The van der Waals surface area contributed by atoms with Crippen LogP contribution in [0, 0.1) is 6.92 Å². The quantitative estimate of drug-likeness (QED) is 0.523. The van der Waals surface area contributed by atoms with Crippen LogP contribution >= 0.6 is 11.6 Å². The van der Waals surface area contributed by atoms with Crippen molar-refractivity contribution in [1.82, 2.24) is 14.7 Å². The third kappa shape index (κ3) is 3.71. The van der Waals surface area contributed by atoms with Crippen LogP contribution in [0.4, 0.5) is 0 Å². The van der Waals surface area contributed by atoms with Gasteiger partial charge in [0.15, 0.2) is 12.4 Å². The molecule has 0 spiro atoms. The lowest BCUT2D eigenvalue weighted by molar-refractivity contribution is 0.237. The minimum atomic E-state index is -0.315. The summed E-state index contributed by atoms with van der Waals surface area (Å²) in [5.41, 5.74) is 2.70. The molecule has 0 amide bonds.